The lowest BCUT2D eigenvalue weighted by atomic mass is 10.2. The minimum absolute atomic E-state index is 0.570. The molecule has 20 heavy (non-hydrogen) atoms. The highest BCUT2D eigenvalue weighted by Crippen LogP contribution is 2.19. The molecule has 0 heterocycles. The van der Waals surface area contributed by atoms with Crippen molar-refractivity contribution in [2.45, 2.75) is 6.54 Å². The summed E-state index contributed by atoms with van der Waals surface area (Å²) in [5.41, 5.74) is 7.74. The van der Waals surface area contributed by atoms with Crippen LogP contribution in [0.5, 0.6) is 5.75 Å². The molecule has 2 aromatic carbocycles. The van der Waals surface area contributed by atoms with Gasteiger partial charge in [-0.1, -0.05) is 18.2 Å². The second kappa shape index (κ2) is 6.47. The molecule has 2 aromatic rings. The third-order valence-electron chi connectivity index (χ3n) is 2.83. The summed E-state index contributed by atoms with van der Waals surface area (Å²) in [4.78, 5) is 10.7. The number of nitrogens with two attached hydrogens (primary N) is 1. The van der Waals surface area contributed by atoms with E-state index in [1.807, 2.05) is 36.4 Å². The van der Waals surface area contributed by atoms with Crippen LogP contribution >= 0.6 is 0 Å². The summed E-state index contributed by atoms with van der Waals surface area (Å²) < 4.78 is 5.30. The van der Waals surface area contributed by atoms with Crippen LogP contribution in [0.3, 0.4) is 0 Å². The minimum atomic E-state index is -0.570. The first-order chi connectivity index (χ1) is 9.69. The Labute approximate surface area is 117 Å². The molecular weight excluding hydrogens is 254 g/mol. The van der Waals surface area contributed by atoms with E-state index >= 15 is 0 Å². The number of benzene rings is 2. The maximum atomic E-state index is 10.7. The molecule has 0 spiro atoms. The Hall–Kier alpha value is -2.69. The lowest BCUT2D eigenvalue weighted by Gasteiger charge is -2.11. The quantitative estimate of drug-likeness (QED) is 0.782. The van der Waals surface area contributed by atoms with Crippen LogP contribution in [0.1, 0.15) is 5.56 Å². The van der Waals surface area contributed by atoms with Gasteiger partial charge >= 0.3 is 6.03 Å². The fourth-order valence-electron chi connectivity index (χ4n) is 1.86. The van der Waals surface area contributed by atoms with Crippen molar-refractivity contribution in [2.75, 3.05) is 17.7 Å². The van der Waals surface area contributed by atoms with Crippen molar-refractivity contribution in [3.05, 3.63) is 54.1 Å². The zero-order chi connectivity index (χ0) is 14.4. The molecule has 0 atom stereocenters. The Balaban J connectivity index is 1.98. The molecule has 0 aliphatic rings. The molecule has 2 rings (SSSR count). The van der Waals surface area contributed by atoms with Crippen molar-refractivity contribution in [1.82, 2.24) is 0 Å². The van der Waals surface area contributed by atoms with Crippen molar-refractivity contribution < 1.29 is 9.53 Å². The molecule has 104 valence electrons. The van der Waals surface area contributed by atoms with Crippen LogP contribution in [0.25, 0.3) is 0 Å². The number of methoxy groups -OCH3 is 1. The van der Waals surface area contributed by atoms with Crippen LogP contribution in [0.15, 0.2) is 48.5 Å². The third-order valence-corrected chi connectivity index (χ3v) is 2.83. The van der Waals surface area contributed by atoms with E-state index in [4.69, 9.17) is 10.5 Å². The topological polar surface area (TPSA) is 76.4 Å². The summed E-state index contributed by atoms with van der Waals surface area (Å²) in [6.07, 6.45) is 0. The van der Waals surface area contributed by atoms with Crippen molar-refractivity contribution in [3.8, 4) is 5.75 Å². The number of nitrogens with one attached hydrogen (secondary N) is 2. The average Bonchev–Trinajstić information content (AvgIpc) is 2.46. The number of para-hydroxylation sites is 1. The molecule has 0 bridgehead atoms. The summed E-state index contributed by atoms with van der Waals surface area (Å²) >= 11 is 0. The fraction of sp³-hybridized carbons (Fsp3) is 0.133. The Kier molecular flexibility index (Phi) is 4.44. The molecule has 2 amide bonds. The highest BCUT2D eigenvalue weighted by molar-refractivity contribution is 5.87. The molecule has 0 aliphatic heterocycles. The van der Waals surface area contributed by atoms with Gasteiger partial charge in [-0.25, -0.2) is 4.79 Å². The fourth-order valence-corrected chi connectivity index (χ4v) is 1.86. The van der Waals surface area contributed by atoms with Gasteiger partial charge in [0.1, 0.15) is 5.75 Å². The lowest BCUT2D eigenvalue weighted by Crippen LogP contribution is -2.19. The average molecular weight is 271 g/mol. The van der Waals surface area contributed by atoms with Gasteiger partial charge < -0.3 is 21.1 Å². The number of urea groups is 1. The second-order valence-corrected chi connectivity index (χ2v) is 4.23. The summed E-state index contributed by atoms with van der Waals surface area (Å²) in [6, 6.07) is 14.6. The van der Waals surface area contributed by atoms with Gasteiger partial charge in [-0.3, -0.25) is 0 Å². The van der Waals surface area contributed by atoms with E-state index in [2.05, 4.69) is 10.6 Å². The smallest absolute Gasteiger partial charge is 0.316 e. The first-order valence-electron chi connectivity index (χ1n) is 6.21. The normalized spacial score (nSPS) is 9.85. The Morgan fingerprint density at radius 1 is 1.10 bits per heavy atom. The van der Waals surface area contributed by atoms with E-state index < -0.39 is 6.03 Å². The van der Waals surface area contributed by atoms with E-state index in [1.165, 1.54) is 0 Å². The summed E-state index contributed by atoms with van der Waals surface area (Å²) in [5, 5.41) is 5.81. The minimum Gasteiger partial charge on any atom is -0.496 e. The maximum absolute atomic E-state index is 10.7. The number of carbonyl (C=O) groups is 1. The second-order valence-electron chi connectivity index (χ2n) is 4.23. The number of carbonyl (C=O) groups excluding carboxylic acids is 1. The van der Waals surface area contributed by atoms with E-state index in [0.717, 1.165) is 17.0 Å². The Morgan fingerprint density at radius 3 is 2.40 bits per heavy atom. The van der Waals surface area contributed by atoms with Gasteiger partial charge in [-0.2, -0.15) is 0 Å². The summed E-state index contributed by atoms with van der Waals surface area (Å²) in [7, 11) is 1.66. The molecular formula is C15H17N3O2. The maximum Gasteiger partial charge on any atom is 0.316 e. The van der Waals surface area contributed by atoms with Crippen LogP contribution in [0, 0.1) is 0 Å². The van der Waals surface area contributed by atoms with Gasteiger partial charge in [0.2, 0.25) is 0 Å². The summed E-state index contributed by atoms with van der Waals surface area (Å²) in [6.45, 7) is 0.659. The zero-order valence-electron chi connectivity index (χ0n) is 11.2. The monoisotopic (exact) mass is 271 g/mol. The predicted octanol–water partition coefficient (Wildman–Crippen LogP) is 2.80. The van der Waals surface area contributed by atoms with Crippen LogP contribution in [0.2, 0.25) is 0 Å². The van der Waals surface area contributed by atoms with Crippen LogP contribution in [0.4, 0.5) is 16.2 Å². The van der Waals surface area contributed by atoms with Crippen LogP contribution < -0.4 is 21.1 Å². The Bertz CT molecular complexity index is 582. The van der Waals surface area contributed by atoms with E-state index in [9.17, 15) is 4.79 Å². The van der Waals surface area contributed by atoms with Crippen molar-refractivity contribution in [2.24, 2.45) is 5.73 Å². The van der Waals surface area contributed by atoms with Gasteiger partial charge in [0.05, 0.1) is 7.11 Å². The molecule has 0 fully saturated rings. The molecule has 0 aliphatic carbocycles. The van der Waals surface area contributed by atoms with Crippen LogP contribution in [-0.2, 0) is 6.54 Å². The van der Waals surface area contributed by atoms with Gasteiger partial charge in [0.25, 0.3) is 0 Å². The Morgan fingerprint density at radius 2 is 1.75 bits per heavy atom. The molecule has 4 N–H and O–H groups in total. The van der Waals surface area contributed by atoms with Crippen LogP contribution in [-0.4, -0.2) is 13.1 Å². The molecule has 0 saturated heterocycles. The highest BCUT2D eigenvalue weighted by atomic mass is 16.5. The number of hydrogen-bond acceptors (Lipinski definition) is 3. The number of hydrogen-bond donors (Lipinski definition) is 3. The number of rotatable bonds is 5. The predicted molar refractivity (Wildman–Crippen MR) is 80.0 cm³/mol. The van der Waals surface area contributed by atoms with Crippen molar-refractivity contribution in [1.29, 1.82) is 0 Å². The first-order valence-corrected chi connectivity index (χ1v) is 6.21. The van der Waals surface area contributed by atoms with E-state index in [0.29, 0.717) is 12.2 Å². The standard InChI is InChI=1S/C15H17N3O2/c1-20-14-5-3-2-4-11(14)10-17-12-6-8-13(9-7-12)18-15(16)19/h2-9,17H,10H2,1H3,(H3,16,18,19). The molecule has 5 nitrogen and oxygen atoms in total. The van der Waals surface area contributed by atoms with Gasteiger partial charge in [-0.05, 0) is 30.3 Å². The zero-order valence-corrected chi connectivity index (χ0v) is 11.2. The van der Waals surface area contributed by atoms with Crippen molar-refractivity contribution in [3.63, 3.8) is 0 Å². The number of primary amides is 1. The summed E-state index contributed by atoms with van der Waals surface area (Å²) in [5.74, 6) is 0.854. The van der Waals surface area contributed by atoms with E-state index in [-0.39, 0.29) is 0 Å². The van der Waals surface area contributed by atoms with Crippen molar-refractivity contribution >= 4 is 17.4 Å². The number of ether oxygens (including phenoxy) is 1. The highest BCUT2D eigenvalue weighted by Gasteiger charge is 2.01. The molecule has 5 heteroatoms. The first kappa shape index (κ1) is 13.7. The van der Waals surface area contributed by atoms with Gasteiger partial charge in [0, 0.05) is 23.5 Å². The third kappa shape index (κ3) is 3.65. The molecule has 0 unspecified atom stereocenters. The van der Waals surface area contributed by atoms with Gasteiger partial charge in [-0.15, -0.1) is 0 Å². The lowest BCUT2D eigenvalue weighted by molar-refractivity contribution is 0.259. The number of anilines is 2. The molecule has 0 saturated carbocycles. The molecule has 0 aromatic heterocycles. The number of amides is 2. The van der Waals surface area contributed by atoms with Gasteiger partial charge in [0.15, 0.2) is 0 Å². The van der Waals surface area contributed by atoms with E-state index in [1.54, 1.807) is 19.2 Å². The largest absolute Gasteiger partial charge is 0.496 e. The SMILES string of the molecule is COc1ccccc1CNc1ccc(NC(N)=O)cc1. The molecule has 0 radical (unpaired) electrons.